The van der Waals surface area contributed by atoms with Crippen molar-refractivity contribution in [2.24, 2.45) is 0 Å². The third-order valence-corrected chi connectivity index (χ3v) is 4.41. The number of rotatable bonds is 4. The lowest BCUT2D eigenvalue weighted by molar-refractivity contribution is 0.0471. The Bertz CT molecular complexity index is 392. The first-order valence-electron chi connectivity index (χ1n) is 7.23. The summed E-state index contributed by atoms with van der Waals surface area (Å²) in [7, 11) is 0. The summed E-state index contributed by atoms with van der Waals surface area (Å²) in [5.74, 6) is -0.154. The molecule has 0 amide bonds. The van der Waals surface area contributed by atoms with Gasteiger partial charge in [-0.05, 0) is 38.0 Å². The summed E-state index contributed by atoms with van der Waals surface area (Å²) in [6.07, 6.45) is 1.19. The normalized spacial score (nSPS) is 18.7. The summed E-state index contributed by atoms with van der Waals surface area (Å²) in [5, 5.41) is 0. The molecule has 1 heterocycles. The van der Waals surface area contributed by atoms with Crippen molar-refractivity contribution >= 4 is 0 Å². The van der Waals surface area contributed by atoms with Crippen molar-refractivity contribution in [3.8, 4) is 0 Å². The zero-order valence-electron chi connectivity index (χ0n) is 12.3. The Balaban J connectivity index is 1.85. The standard InChI is InChI=1S/C16H25FN2/c1-4-16(2,3)19-11-9-18(10-12-19)13-14-5-7-15(17)8-6-14/h5-8H,4,9-13H2,1-3H3. The predicted molar refractivity (Wildman–Crippen MR) is 77.6 cm³/mol. The molecule has 2 rings (SSSR count). The molecule has 1 saturated heterocycles. The van der Waals surface area contributed by atoms with Crippen molar-refractivity contribution in [2.75, 3.05) is 26.2 Å². The van der Waals surface area contributed by atoms with Crippen LogP contribution in [0.2, 0.25) is 0 Å². The van der Waals surface area contributed by atoms with Crippen LogP contribution in [0.25, 0.3) is 0 Å². The second-order valence-electron chi connectivity index (χ2n) is 6.06. The van der Waals surface area contributed by atoms with Crippen molar-refractivity contribution in [2.45, 2.75) is 39.3 Å². The summed E-state index contributed by atoms with van der Waals surface area (Å²) in [4.78, 5) is 5.03. The first kappa shape index (κ1) is 14.5. The van der Waals surface area contributed by atoms with E-state index in [1.54, 1.807) is 12.1 Å². The second-order valence-corrected chi connectivity index (χ2v) is 6.06. The minimum absolute atomic E-state index is 0.154. The molecule has 1 aromatic carbocycles. The van der Waals surface area contributed by atoms with E-state index in [1.165, 1.54) is 12.0 Å². The summed E-state index contributed by atoms with van der Waals surface area (Å²) in [6, 6.07) is 6.87. The predicted octanol–water partition coefficient (Wildman–Crippen LogP) is 3.13. The zero-order valence-corrected chi connectivity index (χ0v) is 12.3. The van der Waals surface area contributed by atoms with Gasteiger partial charge < -0.3 is 0 Å². The Labute approximate surface area is 116 Å². The lowest BCUT2D eigenvalue weighted by Gasteiger charge is -2.43. The van der Waals surface area contributed by atoms with Gasteiger partial charge in [-0.1, -0.05) is 19.1 Å². The lowest BCUT2D eigenvalue weighted by Crippen LogP contribution is -2.54. The Morgan fingerprint density at radius 1 is 1.05 bits per heavy atom. The SMILES string of the molecule is CCC(C)(C)N1CCN(Cc2ccc(F)cc2)CC1. The lowest BCUT2D eigenvalue weighted by atomic mass is 9.98. The average Bonchev–Trinajstić information content (AvgIpc) is 2.42. The third kappa shape index (κ3) is 3.77. The molecule has 0 bridgehead atoms. The van der Waals surface area contributed by atoms with Gasteiger partial charge in [-0.2, -0.15) is 0 Å². The van der Waals surface area contributed by atoms with Crippen molar-refractivity contribution in [3.63, 3.8) is 0 Å². The van der Waals surface area contributed by atoms with Crippen LogP contribution in [0.15, 0.2) is 24.3 Å². The molecule has 1 fully saturated rings. The van der Waals surface area contributed by atoms with Crippen molar-refractivity contribution in [1.29, 1.82) is 0 Å². The molecule has 2 nitrogen and oxygen atoms in total. The largest absolute Gasteiger partial charge is 0.297 e. The Kier molecular flexibility index (Phi) is 4.58. The number of benzene rings is 1. The van der Waals surface area contributed by atoms with Gasteiger partial charge in [0.15, 0.2) is 0 Å². The monoisotopic (exact) mass is 264 g/mol. The van der Waals surface area contributed by atoms with Crippen molar-refractivity contribution < 1.29 is 4.39 Å². The first-order valence-corrected chi connectivity index (χ1v) is 7.23. The minimum atomic E-state index is -0.154. The average molecular weight is 264 g/mol. The number of piperazine rings is 1. The zero-order chi connectivity index (χ0) is 13.9. The highest BCUT2D eigenvalue weighted by Crippen LogP contribution is 2.20. The van der Waals surface area contributed by atoms with Crippen molar-refractivity contribution in [1.82, 2.24) is 9.80 Å². The molecule has 0 aromatic heterocycles. The molecule has 19 heavy (non-hydrogen) atoms. The molecular formula is C16H25FN2. The third-order valence-electron chi connectivity index (χ3n) is 4.41. The Morgan fingerprint density at radius 3 is 2.16 bits per heavy atom. The van der Waals surface area contributed by atoms with E-state index in [2.05, 4.69) is 30.6 Å². The van der Waals surface area contributed by atoms with E-state index in [0.717, 1.165) is 32.7 Å². The first-order chi connectivity index (χ1) is 9.01. The van der Waals surface area contributed by atoms with Crippen LogP contribution in [-0.2, 0) is 6.54 Å². The van der Waals surface area contributed by atoms with E-state index < -0.39 is 0 Å². The Hall–Kier alpha value is -0.930. The topological polar surface area (TPSA) is 6.48 Å². The van der Waals surface area contributed by atoms with Gasteiger partial charge in [0.2, 0.25) is 0 Å². The van der Waals surface area contributed by atoms with E-state index in [9.17, 15) is 4.39 Å². The molecule has 0 N–H and O–H groups in total. The highest BCUT2D eigenvalue weighted by molar-refractivity contribution is 5.16. The highest BCUT2D eigenvalue weighted by atomic mass is 19.1. The van der Waals surface area contributed by atoms with Crippen LogP contribution in [-0.4, -0.2) is 41.5 Å². The van der Waals surface area contributed by atoms with Gasteiger partial charge in [-0.3, -0.25) is 9.80 Å². The molecule has 3 heteroatoms. The van der Waals surface area contributed by atoms with Crippen LogP contribution < -0.4 is 0 Å². The van der Waals surface area contributed by atoms with Crippen LogP contribution in [0, 0.1) is 5.82 Å². The van der Waals surface area contributed by atoms with Gasteiger partial charge in [-0.15, -0.1) is 0 Å². The number of hydrogen-bond acceptors (Lipinski definition) is 2. The van der Waals surface area contributed by atoms with Crippen LogP contribution >= 0.6 is 0 Å². The maximum atomic E-state index is 12.9. The van der Waals surface area contributed by atoms with Crippen molar-refractivity contribution in [3.05, 3.63) is 35.6 Å². The molecule has 0 saturated carbocycles. The molecule has 1 aliphatic heterocycles. The molecule has 1 aromatic rings. The van der Waals surface area contributed by atoms with Gasteiger partial charge in [0.05, 0.1) is 0 Å². The summed E-state index contributed by atoms with van der Waals surface area (Å²) in [5.41, 5.74) is 1.51. The molecule has 0 radical (unpaired) electrons. The van der Waals surface area contributed by atoms with E-state index in [0.29, 0.717) is 5.54 Å². The summed E-state index contributed by atoms with van der Waals surface area (Å²) >= 11 is 0. The molecule has 1 aliphatic rings. The van der Waals surface area contributed by atoms with Gasteiger partial charge in [0.25, 0.3) is 0 Å². The van der Waals surface area contributed by atoms with E-state index in [-0.39, 0.29) is 5.82 Å². The summed E-state index contributed by atoms with van der Waals surface area (Å²) in [6.45, 7) is 12.3. The van der Waals surface area contributed by atoms with Gasteiger partial charge in [0, 0.05) is 38.3 Å². The minimum Gasteiger partial charge on any atom is -0.297 e. The molecule has 0 unspecified atom stereocenters. The fraction of sp³-hybridized carbons (Fsp3) is 0.625. The van der Waals surface area contributed by atoms with Crippen LogP contribution in [0.4, 0.5) is 4.39 Å². The maximum Gasteiger partial charge on any atom is 0.123 e. The highest BCUT2D eigenvalue weighted by Gasteiger charge is 2.28. The van der Waals surface area contributed by atoms with Gasteiger partial charge in [0.1, 0.15) is 5.82 Å². The molecule has 0 aliphatic carbocycles. The number of hydrogen-bond donors (Lipinski definition) is 0. The quantitative estimate of drug-likeness (QED) is 0.824. The fourth-order valence-corrected chi connectivity index (χ4v) is 2.58. The fourth-order valence-electron chi connectivity index (χ4n) is 2.58. The maximum absolute atomic E-state index is 12.9. The van der Waals surface area contributed by atoms with Crippen LogP contribution in [0.1, 0.15) is 32.8 Å². The molecular weight excluding hydrogens is 239 g/mol. The molecule has 0 atom stereocenters. The van der Waals surface area contributed by atoms with E-state index in [1.807, 2.05) is 12.1 Å². The van der Waals surface area contributed by atoms with E-state index >= 15 is 0 Å². The number of halogens is 1. The Morgan fingerprint density at radius 2 is 1.63 bits per heavy atom. The van der Waals surface area contributed by atoms with Gasteiger partial charge >= 0.3 is 0 Å². The number of nitrogens with zero attached hydrogens (tertiary/aromatic N) is 2. The van der Waals surface area contributed by atoms with Crippen LogP contribution in [0.5, 0.6) is 0 Å². The molecule has 0 spiro atoms. The summed E-state index contributed by atoms with van der Waals surface area (Å²) < 4.78 is 12.9. The van der Waals surface area contributed by atoms with Gasteiger partial charge in [-0.25, -0.2) is 4.39 Å². The van der Waals surface area contributed by atoms with E-state index in [4.69, 9.17) is 0 Å². The second kappa shape index (κ2) is 6.02. The molecule has 106 valence electrons. The van der Waals surface area contributed by atoms with Crippen LogP contribution in [0.3, 0.4) is 0 Å². The smallest absolute Gasteiger partial charge is 0.123 e.